The molecule has 10 heteroatoms. The number of aromatic hydroxyl groups is 1. The maximum Gasteiger partial charge on any atom is 0.246 e. The van der Waals surface area contributed by atoms with Crippen molar-refractivity contribution in [2.45, 2.75) is 11.3 Å². The monoisotopic (exact) mass is 414 g/mol. The number of sulfonamides is 1. The van der Waals surface area contributed by atoms with Crippen molar-refractivity contribution in [1.29, 1.82) is 0 Å². The average Bonchev–Trinajstić information content (AvgIpc) is 2.68. The van der Waals surface area contributed by atoms with E-state index in [-0.39, 0.29) is 44.3 Å². The Morgan fingerprint density at radius 1 is 0.929 bits per heavy atom. The molecule has 3 rings (SSSR count). The van der Waals surface area contributed by atoms with Crippen molar-refractivity contribution in [3.05, 3.63) is 59.4 Å². The zero-order chi connectivity index (χ0) is 20.5. The van der Waals surface area contributed by atoms with Crippen LogP contribution in [0.5, 0.6) is 5.75 Å². The number of halogens is 3. The molecule has 1 aliphatic heterocycles. The molecular formula is C18H17F3N2O4S. The smallest absolute Gasteiger partial charge is 0.246 e. The van der Waals surface area contributed by atoms with Crippen molar-refractivity contribution in [2.75, 3.05) is 26.2 Å². The van der Waals surface area contributed by atoms with E-state index in [0.29, 0.717) is 17.7 Å². The maximum atomic E-state index is 13.9. The number of piperazine rings is 1. The molecule has 2 aromatic carbocycles. The first kappa shape index (κ1) is 20.2. The van der Waals surface area contributed by atoms with Crippen LogP contribution in [0.4, 0.5) is 13.2 Å². The number of hydrogen-bond donors (Lipinski definition) is 1. The summed E-state index contributed by atoms with van der Waals surface area (Å²) in [7, 11) is -4.36. The summed E-state index contributed by atoms with van der Waals surface area (Å²) < 4.78 is 66.3. The molecule has 0 saturated carbocycles. The summed E-state index contributed by atoms with van der Waals surface area (Å²) in [6.45, 7) is -0.0208. The minimum Gasteiger partial charge on any atom is -0.508 e. The highest BCUT2D eigenvalue weighted by molar-refractivity contribution is 7.89. The molecule has 0 spiro atoms. The summed E-state index contributed by atoms with van der Waals surface area (Å²) in [5.41, 5.74) is 0.696. The van der Waals surface area contributed by atoms with Crippen LogP contribution in [0.1, 0.15) is 5.56 Å². The highest BCUT2D eigenvalue weighted by Gasteiger charge is 2.33. The summed E-state index contributed by atoms with van der Waals surface area (Å²) in [6.07, 6.45) is 0.0881. The van der Waals surface area contributed by atoms with Gasteiger partial charge in [0.05, 0.1) is 6.42 Å². The number of carbonyl (C=O) groups is 1. The summed E-state index contributed by atoms with van der Waals surface area (Å²) in [6, 6.07) is 7.39. The number of nitrogens with zero attached hydrogens (tertiary/aromatic N) is 2. The molecule has 1 fully saturated rings. The SMILES string of the molecule is O=C(Cc1ccc(O)cc1)N1CCN(S(=O)(=O)c2ccc(F)c(F)c2F)CC1. The van der Waals surface area contributed by atoms with Gasteiger partial charge >= 0.3 is 0 Å². The lowest BCUT2D eigenvalue weighted by Crippen LogP contribution is -2.51. The molecule has 0 aromatic heterocycles. The fourth-order valence-corrected chi connectivity index (χ4v) is 4.40. The van der Waals surface area contributed by atoms with Crippen LogP contribution in [0.3, 0.4) is 0 Å². The summed E-state index contributed by atoms with van der Waals surface area (Å²) >= 11 is 0. The first-order valence-corrected chi connectivity index (χ1v) is 9.83. The lowest BCUT2D eigenvalue weighted by molar-refractivity contribution is -0.131. The number of phenolic OH excluding ortho intramolecular Hbond substituents is 1. The van der Waals surface area contributed by atoms with Gasteiger partial charge in [-0.05, 0) is 29.8 Å². The van der Waals surface area contributed by atoms with Crippen LogP contribution >= 0.6 is 0 Å². The van der Waals surface area contributed by atoms with Gasteiger partial charge < -0.3 is 10.0 Å². The fraction of sp³-hybridized carbons (Fsp3) is 0.278. The van der Waals surface area contributed by atoms with Gasteiger partial charge in [0.15, 0.2) is 17.5 Å². The van der Waals surface area contributed by atoms with E-state index >= 15 is 0 Å². The van der Waals surface area contributed by atoms with Crippen molar-refractivity contribution in [2.24, 2.45) is 0 Å². The predicted molar refractivity (Wildman–Crippen MR) is 93.5 cm³/mol. The minimum atomic E-state index is -4.36. The Morgan fingerprint density at radius 3 is 2.14 bits per heavy atom. The first-order chi connectivity index (χ1) is 13.2. The molecule has 1 N–H and O–H groups in total. The highest BCUT2D eigenvalue weighted by Crippen LogP contribution is 2.24. The van der Waals surface area contributed by atoms with Gasteiger partial charge in [0.1, 0.15) is 10.6 Å². The maximum absolute atomic E-state index is 13.9. The molecule has 1 saturated heterocycles. The van der Waals surface area contributed by atoms with Gasteiger partial charge in [-0.2, -0.15) is 4.31 Å². The number of rotatable bonds is 4. The van der Waals surface area contributed by atoms with E-state index in [1.807, 2.05) is 0 Å². The van der Waals surface area contributed by atoms with Crippen molar-refractivity contribution < 1.29 is 31.5 Å². The van der Waals surface area contributed by atoms with Gasteiger partial charge in [0, 0.05) is 26.2 Å². The zero-order valence-corrected chi connectivity index (χ0v) is 15.4. The normalized spacial score (nSPS) is 15.6. The van der Waals surface area contributed by atoms with Crippen LogP contribution in [0.2, 0.25) is 0 Å². The van der Waals surface area contributed by atoms with E-state index in [1.165, 1.54) is 17.0 Å². The third-order valence-electron chi connectivity index (χ3n) is 4.50. The van der Waals surface area contributed by atoms with Crippen LogP contribution in [0.25, 0.3) is 0 Å². The average molecular weight is 414 g/mol. The van der Waals surface area contributed by atoms with Crippen LogP contribution in [0, 0.1) is 17.5 Å². The molecule has 0 atom stereocenters. The second kappa shape index (κ2) is 7.80. The predicted octanol–water partition coefficient (Wildman–Crippen LogP) is 1.89. The van der Waals surface area contributed by atoms with Crippen LogP contribution in [-0.4, -0.2) is 54.8 Å². The van der Waals surface area contributed by atoms with E-state index in [9.17, 15) is 31.5 Å². The molecule has 28 heavy (non-hydrogen) atoms. The number of amides is 1. The molecule has 0 bridgehead atoms. The molecule has 1 heterocycles. The molecular weight excluding hydrogens is 397 g/mol. The number of phenols is 1. The summed E-state index contributed by atoms with van der Waals surface area (Å²) in [5, 5.41) is 9.26. The van der Waals surface area contributed by atoms with Gasteiger partial charge in [-0.15, -0.1) is 0 Å². The quantitative estimate of drug-likeness (QED) is 0.775. The fourth-order valence-electron chi connectivity index (χ4n) is 2.92. The van der Waals surface area contributed by atoms with Gasteiger partial charge in [-0.3, -0.25) is 4.79 Å². The molecule has 0 unspecified atom stereocenters. The Bertz CT molecular complexity index is 989. The second-order valence-corrected chi connectivity index (χ2v) is 8.21. The van der Waals surface area contributed by atoms with Crippen molar-refractivity contribution in [1.82, 2.24) is 9.21 Å². The highest BCUT2D eigenvalue weighted by atomic mass is 32.2. The van der Waals surface area contributed by atoms with Gasteiger partial charge in [-0.25, -0.2) is 21.6 Å². The van der Waals surface area contributed by atoms with Crippen LogP contribution in [-0.2, 0) is 21.2 Å². The summed E-state index contributed by atoms with van der Waals surface area (Å²) in [4.78, 5) is 12.9. The van der Waals surface area contributed by atoms with E-state index in [4.69, 9.17) is 0 Å². The molecule has 0 radical (unpaired) electrons. The zero-order valence-electron chi connectivity index (χ0n) is 14.6. The van der Waals surface area contributed by atoms with Gasteiger partial charge in [0.25, 0.3) is 0 Å². The Morgan fingerprint density at radius 2 is 1.54 bits per heavy atom. The lowest BCUT2D eigenvalue weighted by Gasteiger charge is -2.34. The van der Waals surface area contributed by atoms with Crippen molar-refractivity contribution in [3.8, 4) is 5.75 Å². The molecule has 2 aromatic rings. The Balaban J connectivity index is 1.67. The Hall–Kier alpha value is -2.59. The first-order valence-electron chi connectivity index (χ1n) is 8.39. The number of hydrogen-bond acceptors (Lipinski definition) is 4. The second-order valence-electron chi connectivity index (χ2n) is 6.30. The Labute approximate surface area is 159 Å². The molecule has 150 valence electrons. The van der Waals surface area contributed by atoms with E-state index in [2.05, 4.69) is 0 Å². The largest absolute Gasteiger partial charge is 0.508 e. The van der Waals surface area contributed by atoms with Gasteiger partial charge in [-0.1, -0.05) is 12.1 Å². The molecule has 0 aliphatic carbocycles. The standard InChI is InChI=1S/C18H17F3N2O4S/c19-14-5-6-15(18(21)17(14)20)28(26,27)23-9-7-22(8-10-23)16(25)11-12-1-3-13(24)4-2-12/h1-6,24H,7-11H2. The van der Waals surface area contributed by atoms with Gasteiger partial charge in [0.2, 0.25) is 15.9 Å². The summed E-state index contributed by atoms with van der Waals surface area (Å²) in [5.74, 6) is -5.21. The lowest BCUT2D eigenvalue weighted by atomic mass is 10.1. The van der Waals surface area contributed by atoms with E-state index in [0.717, 1.165) is 4.31 Å². The number of benzene rings is 2. The van der Waals surface area contributed by atoms with E-state index in [1.54, 1.807) is 12.1 Å². The van der Waals surface area contributed by atoms with Crippen molar-refractivity contribution >= 4 is 15.9 Å². The van der Waals surface area contributed by atoms with Crippen LogP contribution in [0.15, 0.2) is 41.3 Å². The van der Waals surface area contributed by atoms with Crippen molar-refractivity contribution in [3.63, 3.8) is 0 Å². The minimum absolute atomic E-state index is 0.0829. The molecule has 1 amide bonds. The molecule has 6 nitrogen and oxygen atoms in total. The molecule has 1 aliphatic rings. The third-order valence-corrected chi connectivity index (χ3v) is 6.42. The third kappa shape index (κ3) is 3.97. The topological polar surface area (TPSA) is 77.9 Å². The number of carbonyl (C=O) groups excluding carboxylic acids is 1. The Kier molecular flexibility index (Phi) is 5.61. The van der Waals surface area contributed by atoms with E-state index < -0.39 is 32.4 Å². The van der Waals surface area contributed by atoms with Crippen LogP contribution < -0.4 is 0 Å².